The van der Waals surface area contributed by atoms with Crippen molar-refractivity contribution in [3.63, 3.8) is 0 Å². The minimum atomic E-state index is -0.376. The number of hydrogen-bond acceptors (Lipinski definition) is 3. The Bertz CT molecular complexity index is 423. The van der Waals surface area contributed by atoms with Crippen LogP contribution < -0.4 is 5.69 Å². The maximum atomic E-state index is 11.9. The van der Waals surface area contributed by atoms with Crippen molar-refractivity contribution in [2.45, 2.75) is 12.8 Å². The molecule has 0 saturated carbocycles. The molecule has 1 aromatic rings. The van der Waals surface area contributed by atoms with Gasteiger partial charge in [0.2, 0.25) is 0 Å². The monoisotopic (exact) mass is 225 g/mol. The number of imidazole rings is 1. The minimum Gasteiger partial charge on any atom is -0.396 e. The summed E-state index contributed by atoms with van der Waals surface area (Å²) in [7, 11) is 0. The van der Waals surface area contributed by atoms with E-state index in [9.17, 15) is 9.59 Å². The van der Waals surface area contributed by atoms with Crippen LogP contribution in [0.4, 0.5) is 0 Å². The van der Waals surface area contributed by atoms with Gasteiger partial charge in [-0.3, -0.25) is 4.79 Å². The highest BCUT2D eigenvalue weighted by molar-refractivity contribution is 5.92. The Hall–Kier alpha value is -1.56. The van der Waals surface area contributed by atoms with Gasteiger partial charge in [-0.05, 0) is 18.8 Å². The Kier molecular flexibility index (Phi) is 3.09. The molecule has 0 aromatic carbocycles. The van der Waals surface area contributed by atoms with Gasteiger partial charge in [0, 0.05) is 25.9 Å². The fourth-order valence-electron chi connectivity index (χ4n) is 2.02. The highest BCUT2D eigenvalue weighted by Gasteiger charge is 2.24. The highest BCUT2D eigenvalue weighted by Crippen LogP contribution is 2.17. The van der Waals surface area contributed by atoms with Crippen LogP contribution in [0.1, 0.15) is 23.3 Å². The number of carbonyl (C=O) groups is 1. The van der Waals surface area contributed by atoms with Crippen LogP contribution in [0, 0.1) is 5.92 Å². The Labute approximate surface area is 92.3 Å². The van der Waals surface area contributed by atoms with Gasteiger partial charge in [-0.1, -0.05) is 0 Å². The third-order valence-electron chi connectivity index (χ3n) is 2.89. The molecule has 0 radical (unpaired) electrons. The predicted molar refractivity (Wildman–Crippen MR) is 57.1 cm³/mol. The summed E-state index contributed by atoms with van der Waals surface area (Å²) in [6.07, 6.45) is 3.22. The molecular weight excluding hydrogens is 210 g/mol. The van der Waals surface area contributed by atoms with Gasteiger partial charge in [-0.15, -0.1) is 0 Å². The van der Waals surface area contributed by atoms with E-state index in [1.807, 2.05) is 0 Å². The first-order valence-electron chi connectivity index (χ1n) is 5.38. The van der Waals surface area contributed by atoms with Gasteiger partial charge >= 0.3 is 5.69 Å². The van der Waals surface area contributed by atoms with Crippen molar-refractivity contribution in [2.75, 3.05) is 19.7 Å². The van der Waals surface area contributed by atoms with Crippen molar-refractivity contribution < 1.29 is 9.90 Å². The van der Waals surface area contributed by atoms with E-state index in [1.165, 1.54) is 6.20 Å². The summed E-state index contributed by atoms with van der Waals surface area (Å²) >= 11 is 0. The van der Waals surface area contributed by atoms with Crippen LogP contribution in [-0.2, 0) is 0 Å². The second-order valence-corrected chi connectivity index (χ2v) is 4.10. The molecule has 2 rings (SSSR count). The largest absolute Gasteiger partial charge is 0.396 e. The maximum absolute atomic E-state index is 11.9. The normalized spacial score (nSPS) is 21.1. The number of aromatic amines is 2. The molecule has 1 fully saturated rings. The SMILES string of the molecule is O=C(c1c[nH]c(=O)[nH]1)N1CCCC(CO)C1. The first-order valence-corrected chi connectivity index (χ1v) is 5.38. The first-order chi connectivity index (χ1) is 7.70. The van der Waals surface area contributed by atoms with E-state index < -0.39 is 0 Å². The molecular formula is C10H15N3O3. The molecule has 88 valence electrons. The molecule has 1 aromatic heterocycles. The zero-order chi connectivity index (χ0) is 11.5. The number of nitrogens with one attached hydrogen (secondary N) is 2. The third-order valence-corrected chi connectivity index (χ3v) is 2.89. The second kappa shape index (κ2) is 4.52. The predicted octanol–water partition coefficient (Wildman–Crippen LogP) is -0.453. The van der Waals surface area contributed by atoms with Crippen molar-refractivity contribution >= 4 is 5.91 Å². The number of aromatic nitrogens is 2. The number of piperidine rings is 1. The molecule has 0 bridgehead atoms. The number of likely N-dealkylation sites (tertiary alicyclic amines) is 1. The van der Waals surface area contributed by atoms with E-state index in [0.717, 1.165) is 12.8 Å². The standard InChI is InChI=1S/C10H15N3O3/c14-6-7-2-1-3-13(5-7)9(15)8-4-11-10(16)12-8/h4,7,14H,1-3,5-6H2,(H2,11,12,16). The van der Waals surface area contributed by atoms with Crippen molar-refractivity contribution in [1.82, 2.24) is 14.9 Å². The number of hydrogen-bond donors (Lipinski definition) is 3. The van der Waals surface area contributed by atoms with Crippen LogP contribution in [0.15, 0.2) is 11.0 Å². The van der Waals surface area contributed by atoms with Crippen LogP contribution >= 0.6 is 0 Å². The van der Waals surface area contributed by atoms with Crippen molar-refractivity contribution in [2.24, 2.45) is 5.92 Å². The minimum absolute atomic E-state index is 0.105. The summed E-state index contributed by atoms with van der Waals surface area (Å²) in [6.45, 7) is 1.35. The number of H-pyrrole nitrogens is 2. The van der Waals surface area contributed by atoms with Gasteiger partial charge in [0.05, 0.1) is 0 Å². The Morgan fingerprint density at radius 2 is 2.44 bits per heavy atom. The molecule has 1 unspecified atom stereocenters. The molecule has 0 spiro atoms. The first kappa shape index (κ1) is 10.9. The fraction of sp³-hybridized carbons (Fsp3) is 0.600. The molecule has 1 atom stereocenters. The van der Waals surface area contributed by atoms with Crippen molar-refractivity contribution in [3.05, 3.63) is 22.4 Å². The van der Waals surface area contributed by atoms with Gasteiger partial charge in [0.1, 0.15) is 5.69 Å². The van der Waals surface area contributed by atoms with E-state index in [2.05, 4.69) is 9.97 Å². The average Bonchev–Trinajstić information content (AvgIpc) is 2.75. The summed E-state index contributed by atoms with van der Waals surface area (Å²) in [6, 6.07) is 0. The highest BCUT2D eigenvalue weighted by atomic mass is 16.3. The topological polar surface area (TPSA) is 89.2 Å². The van der Waals surface area contributed by atoms with E-state index >= 15 is 0 Å². The summed E-state index contributed by atoms with van der Waals surface area (Å²) in [5.74, 6) is -0.0279. The Morgan fingerprint density at radius 1 is 1.62 bits per heavy atom. The quantitative estimate of drug-likeness (QED) is 0.636. The van der Waals surface area contributed by atoms with Gasteiger partial charge in [-0.25, -0.2) is 4.79 Å². The lowest BCUT2D eigenvalue weighted by Gasteiger charge is -2.31. The molecule has 16 heavy (non-hydrogen) atoms. The fourth-order valence-corrected chi connectivity index (χ4v) is 2.02. The van der Waals surface area contributed by atoms with E-state index in [0.29, 0.717) is 13.1 Å². The lowest BCUT2D eigenvalue weighted by atomic mass is 9.99. The van der Waals surface area contributed by atoms with Gasteiger partial charge in [0.15, 0.2) is 0 Å². The molecule has 6 heteroatoms. The number of aliphatic hydroxyl groups is 1. The zero-order valence-corrected chi connectivity index (χ0v) is 8.90. The molecule has 1 aliphatic heterocycles. The van der Waals surface area contributed by atoms with Crippen LogP contribution in [0.2, 0.25) is 0 Å². The number of nitrogens with zero attached hydrogens (tertiary/aromatic N) is 1. The van der Waals surface area contributed by atoms with Gasteiger partial charge in [-0.2, -0.15) is 0 Å². The van der Waals surface area contributed by atoms with Gasteiger partial charge in [0.25, 0.3) is 5.91 Å². The van der Waals surface area contributed by atoms with Crippen molar-refractivity contribution in [1.29, 1.82) is 0 Å². The summed E-state index contributed by atoms with van der Waals surface area (Å²) < 4.78 is 0. The van der Waals surface area contributed by atoms with E-state index in [1.54, 1.807) is 4.90 Å². The Morgan fingerprint density at radius 3 is 3.06 bits per heavy atom. The molecule has 1 aliphatic rings. The smallest absolute Gasteiger partial charge is 0.323 e. The third kappa shape index (κ3) is 2.16. The van der Waals surface area contributed by atoms with Crippen LogP contribution in [0.3, 0.4) is 0 Å². The number of amides is 1. The molecule has 2 heterocycles. The lowest BCUT2D eigenvalue weighted by molar-refractivity contribution is 0.0615. The zero-order valence-electron chi connectivity index (χ0n) is 8.90. The maximum Gasteiger partial charge on any atom is 0.323 e. The molecule has 1 saturated heterocycles. The molecule has 3 N–H and O–H groups in total. The van der Waals surface area contributed by atoms with Crippen LogP contribution in [0.5, 0.6) is 0 Å². The van der Waals surface area contributed by atoms with Crippen LogP contribution in [-0.4, -0.2) is 45.6 Å². The van der Waals surface area contributed by atoms with Crippen molar-refractivity contribution in [3.8, 4) is 0 Å². The Balaban J connectivity index is 2.07. The van der Waals surface area contributed by atoms with E-state index in [4.69, 9.17) is 5.11 Å². The number of carbonyl (C=O) groups excluding carboxylic acids is 1. The number of rotatable bonds is 2. The average molecular weight is 225 g/mol. The summed E-state index contributed by atoms with van der Waals surface area (Å²) in [5, 5.41) is 9.06. The molecule has 0 aliphatic carbocycles. The second-order valence-electron chi connectivity index (χ2n) is 4.10. The number of aliphatic hydroxyl groups excluding tert-OH is 1. The molecule has 6 nitrogen and oxygen atoms in total. The van der Waals surface area contributed by atoms with Crippen LogP contribution in [0.25, 0.3) is 0 Å². The molecule has 1 amide bonds. The lowest BCUT2D eigenvalue weighted by Crippen LogP contribution is -2.41. The summed E-state index contributed by atoms with van der Waals surface area (Å²) in [4.78, 5) is 29.3. The van der Waals surface area contributed by atoms with Gasteiger partial charge < -0.3 is 20.0 Å². The van der Waals surface area contributed by atoms with E-state index in [-0.39, 0.29) is 29.8 Å². The summed E-state index contributed by atoms with van der Waals surface area (Å²) in [5.41, 5.74) is -0.0948.